The van der Waals surface area contributed by atoms with Crippen molar-refractivity contribution in [3.8, 4) is 0 Å². The minimum Gasteiger partial charge on any atom is -0.466 e. The van der Waals surface area contributed by atoms with Crippen LogP contribution >= 0.6 is 0 Å². The molecule has 6 heteroatoms. The topological polar surface area (TPSA) is 95.9 Å². The van der Waals surface area contributed by atoms with Gasteiger partial charge in [-0.05, 0) is 57.8 Å². The average molecular weight is 973 g/mol. The zero-order valence-electron chi connectivity index (χ0n) is 46.6. The first kappa shape index (κ1) is 67.3. The molecule has 0 aromatic carbocycles. The van der Waals surface area contributed by atoms with Gasteiger partial charge >= 0.3 is 5.97 Å². The second-order valence-corrected chi connectivity index (χ2v) is 21.4. The molecule has 0 radical (unpaired) electrons. The Labute approximate surface area is 431 Å². The van der Waals surface area contributed by atoms with Gasteiger partial charge < -0.3 is 20.3 Å². The number of nitrogens with one attached hydrogen (secondary N) is 1. The summed E-state index contributed by atoms with van der Waals surface area (Å²) in [5.74, 6) is -0.0630. The SMILES string of the molecule is CCCCCCCCC/C=C\CCCCCCCC(=O)OCCCCCCCCCCCCCCCCCCCCCCCC(=O)NC(CO)C(O)/C=C/CCCCCCCCCCCCCCC. The molecule has 408 valence electrons. The number of allylic oxidation sites excluding steroid dienone is 3. The average Bonchev–Trinajstić information content (AvgIpc) is 3.35. The molecule has 0 fully saturated rings. The van der Waals surface area contributed by atoms with Crippen molar-refractivity contribution in [2.45, 2.75) is 353 Å². The Morgan fingerprint density at radius 2 is 0.681 bits per heavy atom. The number of aliphatic hydroxyl groups is 2. The van der Waals surface area contributed by atoms with Gasteiger partial charge in [0.1, 0.15) is 0 Å². The maximum absolute atomic E-state index is 12.5. The van der Waals surface area contributed by atoms with E-state index in [0.717, 1.165) is 44.9 Å². The first-order valence-electron chi connectivity index (χ1n) is 31.1. The lowest BCUT2D eigenvalue weighted by molar-refractivity contribution is -0.143. The van der Waals surface area contributed by atoms with Gasteiger partial charge in [0.2, 0.25) is 5.91 Å². The number of carbonyl (C=O) groups is 2. The van der Waals surface area contributed by atoms with Crippen LogP contribution in [0.1, 0.15) is 341 Å². The summed E-state index contributed by atoms with van der Waals surface area (Å²) in [5.41, 5.74) is 0. The molecule has 0 rings (SSSR count). The molecule has 0 aliphatic rings. The summed E-state index contributed by atoms with van der Waals surface area (Å²) in [6.07, 6.45) is 72.1. The highest BCUT2D eigenvalue weighted by Gasteiger charge is 2.18. The Morgan fingerprint density at radius 1 is 0.391 bits per heavy atom. The van der Waals surface area contributed by atoms with Crippen molar-refractivity contribution in [1.29, 1.82) is 0 Å². The number of carbonyl (C=O) groups excluding carboxylic acids is 2. The number of amides is 1. The van der Waals surface area contributed by atoms with E-state index in [1.165, 1.54) is 270 Å². The van der Waals surface area contributed by atoms with E-state index in [2.05, 4.69) is 31.3 Å². The van der Waals surface area contributed by atoms with Crippen molar-refractivity contribution in [2.24, 2.45) is 0 Å². The molecule has 2 unspecified atom stereocenters. The zero-order valence-corrected chi connectivity index (χ0v) is 46.6. The van der Waals surface area contributed by atoms with Gasteiger partial charge in [-0.3, -0.25) is 9.59 Å². The molecule has 0 bridgehead atoms. The highest BCUT2D eigenvalue weighted by molar-refractivity contribution is 5.76. The molecule has 0 saturated heterocycles. The monoisotopic (exact) mass is 972 g/mol. The predicted octanol–water partition coefficient (Wildman–Crippen LogP) is 19.4. The normalized spacial score (nSPS) is 12.7. The Kier molecular flexibility index (Phi) is 57.5. The fraction of sp³-hybridized carbons (Fsp3) is 0.905. The van der Waals surface area contributed by atoms with Crippen LogP contribution in [0, 0.1) is 0 Å². The van der Waals surface area contributed by atoms with Crippen molar-refractivity contribution in [3.63, 3.8) is 0 Å². The summed E-state index contributed by atoms with van der Waals surface area (Å²) >= 11 is 0. The summed E-state index contributed by atoms with van der Waals surface area (Å²) < 4.78 is 5.49. The number of hydrogen-bond acceptors (Lipinski definition) is 5. The van der Waals surface area contributed by atoms with E-state index in [9.17, 15) is 19.8 Å². The number of ether oxygens (including phenoxy) is 1. The molecule has 0 aromatic heterocycles. The quantitative estimate of drug-likeness (QED) is 0.0321. The van der Waals surface area contributed by atoms with Crippen molar-refractivity contribution < 1.29 is 24.5 Å². The molecule has 0 aromatic rings. The number of rotatable bonds is 58. The number of hydrogen-bond donors (Lipinski definition) is 3. The molecule has 0 heterocycles. The molecule has 0 aliphatic carbocycles. The van der Waals surface area contributed by atoms with E-state index in [-0.39, 0.29) is 18.5 Å². The van der Waals surface area contributed by atoms with Crippen molar-refractivity contribution in [2.75, 3.05) is 13.2 Å². The lowest BCUT2D eigenvalue weighted by Gasteiger charge is -2.20. The second-order valence-electron chi connectivity index (χ2n) is 21.4. The summed E-state index contributed by atoms with van der Waals surface area (Å²) in [7, 11) is 0. The first-order chi connectivity index (χ1) is 34.0. The van der Waals surface area contributed by atoms with Gasteiger partial charge in [-0.2, -0.15) is 0 Å². The highest BCUT2D eigenvalue weighted by Crippen LogP contribution is 2.17. The van der Waals surface area contributed by atoms with Gasteiger partial charge in [0.05, 0.1) is 25.4 Å². The van der Waals surface area contributed by atoms with Gasteiger partial charge in [0.15, 0.2) is 0 Å². The highest BCUT2D eigenvalue weighted by atomic mass is 16.5. The fourth-order valence-corrected chi connectivity index (χ4v) is 9.69. The van der Waals surface area contributed by atoms with Gasteiger partial charge in [0, 0.05) is 12.8 Å². The molecule has 2 atom stereocenters. The van der Waals surface area contributed by atoms with E-state index in [0.29, 0.717) is 19.4 Å². The Hall–Kier alpha value is -1.66. The van der Waals surface area contributed by atoms with Crippen LogP contribution in [0.4, 0.5) is 0 Å². The lowest BCUT2D eigenvalue weighted by Crippen LogP contribution is -2.45. The van der Waals surface area contributed by atoms with Crippen LogP contribution in [-0.2, 0) is 14.3 Å². The number of unbranched alkanes of at least 4 members (excludes halogenated alkanes) is 45. The number of esters is 1. The molecule has 0 aliphatic heterocycles. The van der Waals surface area contributed by atoms with Gasteiger partial charge in [0.25, 0.3) is 0 Å². The molecular formula is C63H121NO5. The minimum absolute atomic E-state index is 0.00436. The summed E-state index contributed by atoms with van der Waals surface area (Å²) in [5, 5.41) is 23.1. The molecular weight excluding hydrogens is 851 g/mol. The van der Waals surface area contributed by atoms with Crippen LogP contribution in [-0.4, -0.2) is 47.4 Å². The molecule has 69 heavy (non-hydrogen) atoms. The van der Waals surface area contributed by atoms with Gasteiger partial charge in [-0.1, -0.05) is 295 Å². The van der Waals surface area contributed by atoms with E-state index in [4.69, 9.17) is 4.74 Å². The molecule has 0 saturated carbocycles. The van der Waals surface area contributed by atoms with Crippen LogP contribution < -0.4 is 5.32 Å². The first-order valence-corrected chi connectivity index (χ1v) is 31.1. The zero-order chi connectivity index (χ0) is 50.0. The second kappa shape index (κ2) is 58.9. The standard InChI is InChI=1S/C63H121NO5/c1-3-5-7-9-11-13-15-17-19-29-33-37-41-45-49-53-57-63(68)69-58-54-50-46-42-38-34-30-26-24-22-20-21-23-25-28-32-36-40-44-48-52-56-62(67)64-60(59-65)61(66)55-51-47-43-39-35-31-27-18-16-14-12-10-8-6-4-2/h19,29,51,55,60-61,65-66H,3-18,20-28,30-50,52-54,56-59H2,1-2H3,(H,64,67)/b29-19-,55-51+. The van der Waals surface area contributed by atoms with E-state index in [1.54, 1.807) is 6.08 Å². The lowest BCUT2D eigenvalue weighted by atomic mass is 10.0. The van der Waals surface area contributed by atoms with E-state index >= 15 is 0 Å². The molecule has 6 nitrogen and oxygen atoms in total. The van der Waals surface area contributed by atoms with Crippen molar-refractivity contribution in [3.05, 3.63) is 24.3 Å². The molecule has 1 amide bonds. The molecule has 3 N–H and O–H groups in total. The molecule has 0 spiro atoms. The third kappa shape index (κ3) is 55.5. The van der Waals surface area contributed by atoms with Crippen molar-refractivity contribution >= 4 is 11.9 Å². The van der Waals surface area contributed by atoms with Crippen LogP contribution in [0.2, 0.25) is 0 Å². The Morgan fingerprint density at radius 3 is 1.03 bits per heavy atom. The maximum Gasteiger partial charge on any atom is 0.305 e. The predicted molar refractivity (Wildman–Crippen MR) is 301 cm³/mol. The summed E-state index contributed by atoms with van der Waals surface area (Å²) in [6.45, 7) is 4.91. The van der Waals surface area contributed by atoms with Crippen LogP contribution in [0.3, 0.4) is 0 Å². The van der Waals surface area contributed by atoms with E-state index in [1.807, 2.05) is 6.08 Å². The summed E-state index contributed by atoms with van der Waals surface area (Å²) in [6, 6.07) is -0.628. The third-order valence-corrected chi connectivity index (χ3v) is 14.5. The summed E-state index contributed by atoms with van der Waals surface area (Å²) in [4.78, 5) is 24.5. The Balaban J connectivity index is 3.40. The third-order valence-electron chi connectivity index (χ3n) is 14.5. The maximum atomic E-state index is 12.5. The van der Waals surface area contributed by atoms with E-state index < -0.39 is 12.1 Å². The number of aliphatic hydroxyl groups excluding tert-OH is 2. The van der Waals surface area contributed by atoms with Crippen molar-refractivity contribution in [1.82, 2.24) is 5.32 Å². The smallest absolute Gasteiger partial charge is 0.305 e. The largest absolute Gasteiger partial charge is 0.466 e. The fourth-order valence-electron chi connectivity index (χ4n) is 9.69. The van der Waals surface area contributed by atoms with Gasteiger partial charge in [-0.15, -0.1) is 0 Å². The van der Waals surface area contributed by atoms with Crippen LogP contribution in [0.25, 0.3) is 0 Å². The Bertz CT molecular complexity index is 1080. The van der Waals surface area contributed by atoms with Gasteiger partial charge in [-0.25, -0.2) is 0 Å². The minimum atomic E-state index is -0.845. The van der Waals surface area contributed by atoms with Crippen LogP contribution in [0.5, 0.6) is 0 Å². The van der Waals surface area contributed by atoms with Crippen LogP contribution in [0.15, 0.2) is 24.3 Å².